The van der Waals surface area contributed by atoms with Crippen LogP contribution in [-0.2, 0) is 19.6 Å². The zero-order valence-corrected chi connectivity index (χ0v) is 13.5. The number of carbonyl (C=O) groups is 1. The molecule has 0 aliphatic carbocycles. The molecule has 0 aromatic carbocycles. The first-order valence-corrected chi connectivity index (χ1v) is 9.48. The smallest absolute Gasteiger partial charge is 0.211 e. The van der Waals surface area contributed by atoms with Crippen LogP contribution in [0.25, 0.3) is 0 Å². The van der Waals surface area contributed by atoms with E-state index in [9.17, 15) is 13.2 Å². The van der Waals surface area contributed by atoms with Gasteiger partial charge in [0.15, 0.2) is 0 Å². The summed E-state index contributed by atoms with van der Waals surface area (Å²) in [5.74, 6) is 0.306. The second-order valence-electron chi connectivity index (χ2n) is 6.35. The first-order valence-electron chi connectivity index (χ1n) is 7.64. The summed E-state index contributed by atoms with van der Waals surface area (Å²) >= 11 is 0. The summed E-state index contributed by atoms with van der Waals surface area (Å²) in [5, 5.41) is 0. The van der Waals surface area contributed by atoms with Crippen LogP contribution in [-0.4, -0.2) is 57.6 Å². The van der Waals surface area contributed by atoms with Gasteiger partial charge in [-0.1, -0.05) is 0 Å². The van der Waals surface area contributed by atoms with E-state index in [4.69, 9.17) is 10.5 Å². The van der Waals surface area contributed by atoms with E-state index in [0.29, 0.717) is 52.1 Å². The largest absolute Gasteiger partial charge is 0.381 e. The summed E-state index contributed by atoms with van der Waals surface area (Å²) in [4.78, 5) is 12.7. The molecule has 2 heterocycles. The number of ether oxygens (including phenoxy) is 1. The van der Waals surface area contributed by atoms with E-state index in [0.717, 1.165) is 12.8 Å². The Labute approximate surface area is 127 Å². The number of nitrogens with zero attached hydrogens (tertiary/aromatic N) is 1. The average Bonchev–Trinajstić information content (AvgIpc) is 2.47. The molecule has 7 heteroatoms. The number of Topliss-reactive ketones (excluding diaryl/α,β-unsaturated/α-hetero) is 1. The van der Waals surface area contributed by atoms with E-state index >= 15 is 0 Å². The molecule has 2 fully saturated rings. The predicted octanol–water partition coefficient (Wildman–Crippen LogP) is 0.373. The number of carbonyl (C=O) groups excluding carboxylic acids is 1. The van der Waals surface area contributed by atoms with Crippen LogP contribution < -0.4 is 5.73 Å². The van der Waals surface area contributed by atoms with Crippen molar-refractivity contribution in [3.8, 4) is 0 Å². The van der Waals surface area contributed by atoms with Crippen molar-refractivity contribution in [2.75, 3.05) is 39.1 Å². The molecule has 1 atom stereocenters. The first-order chi connectivity index (χ1) is 9.87. The Hall–Kier alpha value is -0.500. The highest BCUT2D eigenvalue weighted by atomic mass is 32.2. The van der Waals surface area contributed by atoms with Crippen molar-refractivity contribution < 1.29 is 17.9 Å². The molecule has 2 saturated heterocycles. The topological polar surface area (TPSA) is 89.7 Å². The van der Waals surface area contributed by atoms with Gasteiger partial charge in [0.1, 0.15) is 5.78 Å². The lowest BCUT2D eigenvalue weighted by molar-refractivity contribution is -0.134. The quantitative estimate of drug-likeness (QED) is 0.791. The molecule has 1 unspecified atom stereocenters. The van der Waals surface area contributed by atoms with Crippen molar-refractivity contribution in [1.29, 1.82) is 0 Å². The number of piperidine rings is 1. The standard InChI is InChI=1S/C14H26N2O4S/c1-21(18,19)16-6-2-3-12(10-16)9-13(17)14(11-15)4-7-20-8-5-14/h12H,2-11,15H2,1H3. The van der Waals surface area contributed by atoms with Crippen LogP contribution >= 0.6 is 0 Å². The summed E-state index contributed by atoms with van der Waals surface area (Å²) in [6.07, 6.45) is 4.77. The van der Waals surface area contributed by atoms with Gasteiger partial charge >= 0.3 is 0 Å². The molecule has 0 aromatic heterocycles. The minimum absolute atomic E-state index is 0.118. The Bertz CT molecular complexity index is 471. The minimum Gasteiger partial charge on any atom is -0.381 e. The van der Waals surface area contributed by atoms with E-state index in [-0.39, 0.29) is 11.7 Å². The van der Waals surface area contributed by atoms with Crippen molar-refractivity contribution in [2.24, 2.45) is 17.1 Å². The monoisotopic (exact) mass is 318 g/mol. The Morgan fingerprint density at radius 1 is 1.38 bits per heavy atom. The summed E-state index contributed by atoms with van der Waals surface area (Å²) in [5.41, 5.74) is 5.41. The molecular weight excluding hydrogens is 292 g/mol. The molecule has 122 valence electrons. The lowest BCUT2D eigenvalue weighted by Gasteiger charge is -2.37. The molecule has 0 spiro atoms. The van der Waals surface area contributed by atoms with E-state index in [1.807, 2.05) is 0 Å². The second-order valence-corrected chi connectivity index (χ2v) is 8.34. The normalized spacial score (nSPS) is 27.4. The van der Waals surface area contributed by atoms with Crippen molar-refractivity contribution in [3.63, 3.8) is 0 Å². The maximum absolute atomic E-state index is 12.7. The van der Waals surface area contributed by atoms with Crippen LogP contribution in [0.4, 0.5) is 0 Å². The van der Waals surface area contributed by atoms with Crippen LogP contribution in [0.2, 0.25) is 0 Å². The molecule has 6 nitrogen and oxygen atoms in total. The molecule has 2 aliphatic rings. The number of rotatable bonds is 5. The fourth-order valence-electron chi connectivity index (χ4n) is 3.33. The van der Waals surface area contributed by atoms with Gasteiger partial charge in [0, 0.05) is 44.7 Å². The van der Waals surface area contributed by atoms with Gasteiger partial charge in [0.2, 0.25) is 10.0 Å². The van der Waals surface area contributed by atoms with E-state index in [2.05, 4.69) is 0 Å². The van der Waals surface area contributed by atoms with Crippen LogP contribution in [0.5, 0.6) is 0 Å². The lowest BCUT2D eigenvalue weighted by Crippen LogP contribution is -2.46. The van der Waals surface area contributed by atoms with Crippen molar-refractivity contribution in [2.45, 2.75) is 32.1 Å². The van der Waals surface area contributed by atoms with Gasteiger partial charge < -0.3 is 10.5 Å². The number of hydrogen-bond donors (Lipinski definition) is 1. The van der Waals surface area contributed by atoms with Gasteiger partial charge in [-0.2, -0.15) is 0 Å². The first kappa shape index (κ1) is 16.9. The van der Waals surface area contributed by atoms with Crippen molar-refractivity contribution >= 4 is 15.8 Å². The van der Waals surface area contributed by atoms with Crippen LogP contribution in [0.15, 0.2) is 0 Å². The maximum atomic E-state index is 12.7. The second kappa shape index (κ2) is 6.73. The highest BCUT2D eigenvalue weighted by Crippen LogP contribution is 2.34. The summed E-state index contributed by atoms with van der Waals surface area (Å²) < 4.78 is 30.1. The minimum atomic E-state index is -3.16. The van der Waals surface area contributed by atoms with Gasteiger partial charge in [-0.25, -0.2) is 12.7 Å². The summed E-state index contributed by atoms with van der Waals surface area (Å²) in [6, 6.07) is 0. The average molecular weight is 318 g/mol. The Morgan fingerprint density at radius 3 is 2.62 bits per heavy atom. The highest BCUT2D eigenvalue weighted by molar-refractivity contribution is 7.88. The maximum Gasteiger partial charge on any atom is 0.211 e. The van der Waals surface area contributed by atoms with Crippen LogP contribution in [0.3, 0.4) is 0 Å². The third-order valence-corrected chi connectivity index (χ3v) is 6.13. The summed E-state index contributed by atoms with van der Waals surface area (Å²) in [6.45, 7) is 2.56. The van der Waals surface area contributed by atoms with Crippen LogP contribution in [0.1, 0.15) is 32.1 Å². The fraction of sp³-hybridized carbons (Fsp3) is 0.929. The van der Waals surface area contributed by atoms with Crippen molar-refractivity contribution in [1.82, 2.24) is 4.31 Å². The Balaban J connectivity index is 1.98. The van der Waals surface area contributed by atoms with Crippen LogP contribution in [0, 0.1) is 11.3 Å². The van der Waals surface area contributed by atoms with Crippen molar-refractivity contribution in [3.05, 3.63) is 0 Å². The summed E-state index contributed by atoms with van der Waals surface area (Å²) in [7, 11) is -3.16. The van der Waals surface area contributed by atoms with E-state index in [1.165, 1.54) is 10.6 Å². The SMILES string of the molecule is CS(=O)(=O)N1CCCC(CC(=O)C2(CN)CCOCC2)C1. The molecule has 2 aliphatic heterocycles. The van der Waals surface area contributed by atoms with E-state index in [1.54, 1.807) is 0 Å². The molecule has 0 bridgehead atoms. The predicted molar refractivity (Wildman–Crippen MR) is 80.3 cm³/mol. The third-order valence-electron chi connectivity index (χ3n) is 4.86. The molecule has 21 heavy (non-hydrogen) atoms. The van der Waals surface area contributed by atoms with Gasteiger partial charge in [0.25, 0.3) is 0 Å². The van der Waals surface area contributed by atoms with E-state index < -0.39 is 15.4 Å². The number of hydrogen-bond acceptors (Lipinski definition) is 5. The zero-order valence-electron chi connectivity index (χ0n) is 12.7. The molecule has 0 radical (unpaired) electrons. The molecule has 0 saturated carbocycles. The van der Waals surface area contributed by atoms with Gasteiger partial charge in [0.05, 0.1) is 6.26 Å². The molecule has 0 amide bonds. The zero-order chi connectivity index (χ0) is 15.5. The van der Waals surface area contributed by atoms with Gasteiger partial charge in [-0.15, -0.1) is 0 Å². The molecular formula is C14H26N2O4S. The molecule has 2 N–H and O–H groups in total. The number of ketones is 1. The third kappa shape index (κ3) is 4.03. The number of nitrogens with two attached hydrogens (primary N) is 1. The fourth-order valence-corrected chi connectivity index (χ4v) is 4.27. The molecule has 0 aromatic rings. The number of sulfonamides is 1. The molecule has 2 rings (SSSR count). The Morgan fingerprint density at radius 2 is 2.05 bits per heavy atom. The highest BCUT2D eigenvalue weighted by Gasteiger charge is 2.40. The van der Waals surface area contributed by atoms with Gasteiger partial charge in [-0.05, 0) is 31.6 Å². The lowest BCUT2D eigenvalue weighted by atomic mass is 9.73. The van der Waals surface area contributed by atoms with Gasteiger partial charge in [-0.3, -0.25) is 4.79 Å². The Kier molecular flexibility index (Phi) is 5.40.